The van der Waals surface area contributed by atoms with E-state index in [0.29, 0.717) is 49.1 Å². The summed E-state index contributed by atoms with van der Waals surface area (Å²) in [6.07, 6.45) is 2.30. The Morgan fingerprint density at radius 2 is 1.97 bits per heavy atom. The number of carbonyl (C=O) groups excluding carboxylic acids is 1. The highest BCUT2D eigenvalue weighted by molar-refractivity contribution is 9.10. The largest absolute Gasteiger partial charge is 0.477 e. The molecule has 0 N–H and O–H groups in total. The first-order chi connectivity index (χ1) is 16.3. The van der Waals surface area contributed by atoms with Crippen molar-refractivity contribution in [3.63, 3.8) is 0 Å². The van der Waals surface area contributed by atoms with Crippen molar-refractivity contribution < 1.29 is 32.2 Å². The van der Waals surface area contributed by atoms with Crippen LogP contribution in [0.25, 0.3) is 6.08 Å². The molecular formula is C24H22BrNO7S. The zero-order valence-corrected chi connectivity index (χ0v) is 20.8. The van der Waals surface area contributed by atoms with E-state index in [4.69, 9.17) is 18.9 Å². The van der Waals surface area contributed by atoms with Crippen LogP contribution >= 0.6 is 15.9 Å². The molecule has 0 radical (unpaired) electrons. The Balaban J connectivity index is 1.33. The minimum absolute atomic E-state index is 0.0687. The topological polar surface area (TPSA) is 91.4 Å². The fourth-order valence-electron chi connectivity index (χ4n) is 5.02. The summed E-state index contributed by atoms with van der Waals surface area (Å²) in [6.45, 7) is 3.31. The molecule has 0 bridgehead atoms. The highest BCUT2D eigenvalue weighted by atomic mass is 79.9. The average Bonchev–Trinajstić information content (AvgIpc) is 3.33. The summed E-state index contributed by atoms with van der Waals surface area (Å²) in [7, 11) is -3.00. The molecule has 4 aliphatic rings. The summed E-state index contributed by atoms with van der Waals surface area (Å²) < 4.78 is 47.8. The quantitative estimate of drug-likeness (QED) is 0.527. The van der Waals surface area contributed by atoms with Crippen molar-refractivity contribution in [2.24, 2.45) is 0 Å². The molecule has 10 heteroatoms. The van der Waals surface area contributed by atoms with Gasteiger partial charge in [0.2, 0.25) is 5.78 Å². The fourth-order valence-corrected chi connectivity index (χ4v) is 7.31. The molecule has 0 aromatic heterocycles. The number of halogens is 1. The van der Waals surface area contributed by atoms with Gasteiger partial charge in [0, 0.05) is 39.3 Å². The van der Waals surface area contributed by atoms with Crippen LogP contribution in [0.3, 0.4) is 0 Å². The zero-order valence-electron chi connectivity index (χ0n) is 18.4. The van der Waals surface area contributed by atoms with Gasteiger partial charge >= 0.3 is 0 Å². The number of hydrogen-bond acceptors (Lipinski definition) is 8. The van der Waals surface area contributed by atoms with Crippen LogP contribution in [0.2, 0.25) is 0 Å². The smallest absolute Gasteiger partial charge is 0.231 e. The predicted molar refractivity (Wildman–Crippen MR) is 127 cm³/mol. The molecule has 8 nitrogen and oxygen atoms in total. The van der Waals surface area contributed by atoms with Crippen LogP contribution in [-0.4, -0.2) is 50.2 Å². The number of ketones is 1. The fraction of sp³-hybridized carbons (Fsp3) is 0.375. The van der Waals surface area contributed by atoms with E-state index in [1.165, 1.54) is 0 Å². The molecule has 0 amide bonds. The Hall–Kier alpha value is -2.40. The third-order valence-corrected chi connectivity index (χ3v) is 8.89. The Labute approximate surface area is 205 Å². The molecule has 4 aliphatic heterocycles. The maximum absolute atomic E-state index is 13.3. The first kappa shape index (κ1) is 22.1. The van der Waals surface area contributed by atoms with E-state index in [9.17, 15) is 13.2 Å². The summed E-state index contributed by atoms with van der Waals surface area (Å²) in [4.78, 5) is 15.3. The molecule has 4 heterocycles. The Bertz CT molecular complexity index is 1370. The second kappa shape index (κ2) is 8.08. The summed E-state index contributed by atoms with van der Waals surface area (Å²) in [5, 5.41) is 0. The van der Waals surface area contributed by atoms with E-state index in [1.54, 1.807) is 6.08 Å². The van der Waals surface area contributed by atoms with Crippen LogP contribution < -0.4 is 14.2 Å². The zero-order chi connectivity index (χ0) is 23.6. The highest BCUT2D eigenvalue weighted by Crippen LogP contribution is 2.44. The lowest BCUT2D eigenvalue weighted by atomic mass is 9.99. The maximum Gasteiger partial charge on any atom is 0.231 e. The normalized spacial score (nSPS) is 24.1. The average molecular weight is 548 g/mol. The second-order valence-electron chi connectivity index (χ2n) is 8.98. The number of sulfone groups is 1. The summed E-state index contributed by atoms with van der Waals surface area (Å²) in [5.74, 6) is 2.24. The standard InChI is InChI=1S/C24H22BrNO7S/c1-13-22-15(8-26(11-31-22)18-2-3-34(28,29)10-18)6-19-21(27)20(33-23(13)19)7-14-4-17(25)5-16-9-30-12-32-24(14)16/h4-7,18H,2-3,8-12H2,1H3/b20-7-. The van der Waals surface area contributed by atoms with E-state index in [-0.39, 0.29) is 35.9 Å². The summed E-state index contributed by atoms with van der Waals surface area (Å²) in [6, 6.07) is 5.56. The van der Waals surface area contributed by atoms with E-state index in [0.717, 1.165) is 26.7 Å². The lowest BCUT2D eigenvalue weighted by molar-refractivity contribution is -0.0165. The van der Waals surface area contributed by atoms with E-state index >= 15 is 0 Å². The van der Waals surface area contributed by atoms with Crippen LogP contribution in [0, 0.1) is 6.92 Å². The molecule has 1 saturated heterocycles. The molecule has 1 atom stereocenters. The van der Waals surface area contributed by atoms with E-state index in [1.807, 2.05) is 30.0 Å². The maximum atomic E-state index is 13.3. The predicted octanol–water partition coefficient (Wildman–Crippen LogP) is 3.58. The number of carbonyl (C=O) groups is 1. The van der Waals surface area contributed by atoms with Crippen LogP contribution in [0.4, 0.5) is 0 Å². The van der Waals surface area contributed by atoms with E-state index in [2.05, 4.69) is 15.9 Å². The summed E-state index contributed by atoms with van der Waals surface area (Å²) >= 11 is 3.51. The van der Waals surface area contributed by atoms with Gasteiger partial charge in [0.25, 0.3) is 0 Å². The SMILES string of the molecule is Cc1c2c(cc3c1O/C(=C\c1cc(Br)cc4c1OCOC4)C3=O)CN(C1CCS(=O)(=O)C1)CO2. The van der Waals surface area contributed by atoms with Crippen molar-refractivity contribution in [3.05, 3.63) is 56.2 Å². The van der Waals surface area contributed by atoms with Gasteiger partial charge in [0.15, 0.2) is 22.4 Å². The van der Waals surface area contributed by atoms with Gasteiger partial charge in [-0.3, -0.25) is 9.69 Å². The molecule has 0 aliphatic carbocycles. The highest BCUT2D eigenvalue weighted by Gasteiger charge is 2.37. The number of fused-ring (bicyclic) bond motifs is 3. The van der Waals surface area contributed by atoms with Crippen LogP contribution in [0.5, 0.6) is 17.2 Å². The number of hydrogen-bond donors (Lipinski definition) is 0. The van der Waals surface area contributed by atoms with E-state index < -0.39 is 9.84 Å². The molecule has 6 rings (SSSR count). The van der Waals surface area contributed by atoms with Gasteiger partial charge in [0.1, 0.15) is 24.0 Å². The van der Waals surface area contributed by atoms with Gasteiger partial charge in [-0.2, -0.15) is 0 Å². The summed E-state index contributed by atoms with van der Waals surface area (Å²) in [5.41, 5.74) is 3.75. The third kappa shape index (κ3) is 3.73. The van der Waals surface area contributed by atoms with Gasteiger partial charge in [0.05, 0.1) is 23.7 Å². The Morgan fingerprint density at radius 1 is 1.12 bits per heavy atom. The molecule has 178 valence electrons. The Morgan fingerprint density at radius 3 is 2.76 bits per heavy atom. The second-order valence-corrected chi connectivity index (χ2v) is 12.1. The number of ether oxygens (including phenoxy) is 4. The van der Waals surface area contributed by atoms with Crippen molar-refractivity contribution in [2.45, 2.75) is 32.5 Å². The van der Waals surface area contributed by atoms with Crippen molar-refractivity contribution in [3.8, 4) is 17.2 Å². The van der Waals surface area contributed by atoms with Crippen molar-refractivity contribution in [1.82, 2.24) is 4.90 Å². The van der Waals surface area contributed by atoms with Gasteiger partial charge in [-0.05, 0) is 37.6 Å². The molecule has 34 heavy (non-hydrogen) atoms. The van der Waals surface area contributed by atoms with Gasteiger partial charge in [-0.25, -0.2) is 8.42 Å². The molecule has 2 aromatic carbocycles. The van der Waals surface area contributed by atoms with Gasteiger partial charge < -0.3 is 18.9 Å². The van der Waals surface area contributed by atoms with Crippen LogP contribution in [0.1, 0.15) is 39.0 Å². The first-order valence-electron chi connectivity index (χ1n) is 11.0. The van der Waals surface area contributed by atoms with Crippen LogP contribution in [0.15, 0.2) is 28.4 Å². The number of allylic oxidation sites excluding steroid dienone is 1. The Kier molecular flexibility index (Phi) is 5.25. The van der Waals surface area contributed by atoms with Crippen LogP contribution in [-0.2, 0) is 27.7 Å². The number of rotatable bonds is 2. The molecular weight excluding hydrogens is 526 g/mol. The minimum atomic E-state index is -3.00. The third-order valence-electron chi connectivity index (χ3n) is 6.68. The molecule has 1 fully saturated rings. The molecule has 1 unspecified atom stereocenters. The number of benzene rings is 2. The number of Topliss-reactive ketones (excluding diaryl/α,β-unsaturated/α-hetero) is 1. The minimum Gasteiger partial charge on any atom is -0.477 e. The molecule has 0 saturated carbocycles. The lowest BCUT2D eigenvalue weighted by Gasteiger charge is -2.33. The van der Waals surface area contributed by atoms with Crippen molar-refractivity contribution in [2.75, 3.05) is 25.0 Å². The molecule has 0 spiro atoms. The van der Waals surface area contributed by atoms with Crippen molar-refractivity contribution >= 4 is 37.6 Å². The monoisotopic (exact) mass is 547 g/mol. The number of nitrogens with zero attached hydrogens (tertiary/aromatic N) is 1. The van der Waals surface area contributed by atoms with Crippen molar-refractivity contribution in [1.29, 1.82) is 0 Å². The molecule has 2 aromatic rings. The lowest BCUT2D eigenvalue weighted by Crippen LogP contribution is -2.41. The van der Waals surface area contributed by atoms with Gasteiger partial charge in [-0.1, -0.05) is 15.9 Å². The van der Waals surface area contributed by atoms with Gasteiger partial charge in [-0.15, -0.1) is 0 Å². The first-order valence-corrected chi connectivity index (χ1v) is 13.6.